The van der Waals surface area contributed by atoms with Crippen molar-refractivity contribution in [1.82, 2.24) is 9.97 Å². The van der Waals surface area contributed by atoms with E-state index >= 15 is 0 Å². The first-order valence-electron chi connectivity index (χ1n) is 8.11. The van der Waals surface area contributed by atoms with E-state index in [1.54, 1.807) is 30.2 Å². The third kappa shape index (κ3) is 4.48. The summed E-state index contributed by atoms with van der Waals surface area (Å²) in [6.45, 7) is 5.88. The predicted octanol–water partition coefficient (Wildman–Crippen LogP) is 5.74. The van der Waals surface area contributed by atoms with Gasteiger partial charge in [-0.2, -0.15) is 11.8 Å². The van der Waals surface area contributed by atoms with Gasteiger partial charge in [0, 0.05) is 17.3 Å². The second-order valence-electron chi connectivity index (χ2n) is 6.06. The maximum absolute atomic E-state index is 8.95. The summed E-state index contributed by atoms with van der Waals surface area (Å²) in [6.07, 6.45) is 7.06. The highest BCUT2D eigenvalue weighted by Crippen LogP contribution is 2.37. The van der Waals surface area contributed by atoms with Crippen molar-refractivity contribution in [2.24, 2.45) is 5.11 Å². The predicted molar refractivity (Wildman–Crippen MR) is 104 cm³/mol. The van der Waals surface area contributed by atoms with Crippen molar-refractivity contribution in [3.05, 3.63) is 39.6 Å². The van der Waals surface area contributed by atoms with Gasteiger partial charge in [-0.25, -0.2) is 9.97 Å². The van der Waals surface area contributed by atoms with E-state index < -0.39 is 5.54 Å². The van der Waals surface area contributed by atoms with Crippen molar-refractivity contribution < 1.29 is 4.74 Å². The molecule has 25 heavy (non-hydrogen) atoms. The Morgan fingerprint density at radius 3 is 2.80 bits per heavy atom. The van der Waals surface area contributed by atoms with Crippen LogP contribution in [0.25, 0.3) is 21.2 Å². The van der Waals surface area contributed by atoms with Crippen LogP contribution < -0.4 is 4.74 Å². The zero-order chi connectivity index (χ0) is 18.4. The van der Waals surface area contributed by atoms with Crippen molar-refractivity contribution in [3.8, 4) is 5.88 Å². The van der Waals surface area contributed by atoms with E-state index in [1.165, 1.54) is 0 Å². The second-order valence-corrected chi connectivity index (χ2v) is 7.43. The van der Waals surface area contributed by atoms with Crippen LogP contribution in [0.1, 0.15) is 39.2 Å². The number of nitrogens with zero attached hydrogens (tertiary/aromatic N) is 5. The van der Waals surface area contributed by atoms with Gasteiger partial charge in [0.25, 0.3) is 0 Å². The first-order valence-corrected chi connectivity index (χ1v) is 9.89. The highest BCUT2D eigenvalue weighted by Gasteiger charge is 2.27. The fraction of sp³-hybridized carbons (Fsp3) is 0.529. The van der Waals surface area contributed by atoms with E-state index in [4.69, 9.17) is 21.9 Å². The molecule has 0 aliphatic carbocycles. The molecule has 2 atom stereocenters. The van der Waals surface area contributed by atoms with E-state index in [1.807, 2.05) is 20.8 Å². The molecule has 2 heterocycles. The quantitative estimate of drug-likeness (QED) is 0.253. The zero-order valence-corrected chi connectivity index (χ0v) is 16.4. The molecule has 0 aliphatic heterocycles. The molecule has 0 saturated carbocycles. The van der Waals surface area contributed by atoms with E-state index in [2.05, 4.69) is 26.2 Å². The lowest BCUT2D eigenvalue weighted by molar-refractivity contribution is 0.213. The minimum Gasteiger partial charge on any atom is -0.474 e. The molecule has 0 radical (unpaired) electrons. The van der Waals surface area contributed by atoms with Crippen molar-refractivity contribution in [2.45, 2.75) is 45.3 Å². The highest BCUT2D eigenvalue weighted by molar-refractivity contribution is 7.98. The lowest BCUT2D eigenvalue weighted by atomic mass is 9.88. The second kappa shape index (κ2) is 8.61. The molecule has 2 aromatic heterocycles. The van der Waals surface area contributed by atoms with Gasteiger partial charge in [-0.1, -0.05) is 23.6 Å². The van der Waals surface area contributed by atoms with Gasteiger partial charge >= 0.3 is 0 Å². The van der Waals surface area contributed by atoms with E-state index in [0.717, 1.165) is 28.5 Å². The Morgan fingerprint density at radius 2 is 2.16 bits per heavy atom. The molecule has 0 saturated heterocycles. The van der Waals surface area contributed by atoms with Crippen molar-refractivity contribution in [2.75, 3.05) is 12.0 Å². The molecule has 134 valence electrons. The number of rotatable bonds is 8. The Bertz CT molecular complexity index is 796. The first kappa shape index (κ1) is 19.6. The molecule has 0 fully saturated rings. The van der Waals surface area contributed by atoms with Crippen LogP contribution in [0.5, 0.6) is 5.88 Å². The van der Waals surface area contributed by atoms with Gasteiger partial charge < -0.3 is 4.74 Å². The van der Waals surface area contributed by atoms with E-state index in [9.17, 15) is 0 Å². The minimum absolute atomic E-state index is 0.0411. The van der Waals surface area contributed by atoms with Gasteiger partial charge in [-0.15, -0.1) is 0 Å². The smallest absolute Gasteiger partial charge is 0.223 e. The van der Waals surface area contributed by atoms with Crippen LogP contribution in [-0.4, -0.2) is 28.1 Å². The number of aromatic nitrogens is 2. The number of hydrogen-bond acceptors (Lipinski definition) is 5. The molecule has 0 amide bonds. The maximum Gasteiger partial charge on any atom is 0.223 e. The Morgan fingerprint density at radius 1 is 1.40 bits per heavy atom. The van der Waals surface area contributed by atoms with Crippen LogP contribution in [0.4, 0.5) is 0 Å². The van der Waals surface area contributed by atoms with Crippen molar-refractivity contribution in [1.29, 1.82) is 0 Å². The minimum atomic E-state index is -0.715. The third-order valence-electron chi connectivity index (χ3n) is 4.28. The molecular formula is C17H22ClN5OS. The number of pyridine rings is 2. The number of hydrogen-bond donors (Lipinski definition) is 0. The molecule has 0 N–H and O–H groups in total. The topological polar surface area (TPSA) is 83.8 Å². The fourth-order valence-corrected chi connectivity index (χ4v) is 3.28. The lowest BCUT2D eigenvalue weighted by Crippen LogP contribution is -2.19. The van der Waals surface area contributed by atoms with Crippen LogP contribution in [-0.2, 0) is 5.54 Å². The number of halogens is 1. The van der Waals surface area contributed by atoms with E-state index in [0.29, 0.717) is 17.5 Å². The Labute approximate surface area is 157 Å². The molecule has 0 spiro atoms. The third-order valence-corrected chi connectivity index (χ3v) is 5.13. The molecule has 0 aromatic carbocycles. The van der Waals surface area contributed by atoms with Gasteiger partial charge in [0.2, 0.25) is 5.88 Å². The van der Waals surface area contributed by atoms with Gasteiger partial charge in [0.1, 0.15) is 5.15 Å². The molecule has 2 aromatic rings. The number of ether oxygens (including phenoxy) is 1. The zero-order valence-electron chi connectivity index (χ0n) is 14.9. The Balaban J connectivity index is 2.55. The molecule has 6 nitrogen and oxygen atoms in total. The number of fused-ring (bicyclic) bond motifs is 1. The molecule has 8 heteroatoms. The summed E-state index contributed by atoms with van der Waals surface area (Å²) in [5.41, 5.74) is 9.05. The van der Waals surface area contributed by atoms with Gasteiger partial charge in [0.15, 0.2) is 0 Å². The summed E-state index contributed by atoms with van der Waals surface area (Å²) in [5.74, 6) is 1.54. The average Bonchev–Trinajstić information content (AvgIpc) is 2.60. The van der Waals surface area contributed by atoms with Crippen LogP contribution in [0, 0.1) is 0 Å². The van der Waals surface area contributed by atoms with Crippen molar-refractivity contribution >= 4 is 34.1 Å². The summed E-state index contributed by atoms with van der Waals surface area (Å²) >= 11 is 7.89. The lowest BCUT2D eigenvalue weighted by Gasteiger charge is -2.25. The van der Waals surface area contributed by atoms with Crippen LogP contribution in [0.3, 0.4) is 0 Å². The average molecular weight is 380 g/mol. The molecule has 2 rings (SSSR count). The molecular weight excluding hydrogens is 358 g/mol. The Kier molecular flexibility index (Phi) is 6.76. The first-order chi connectivity index (χ1) is 11.9. The van der Waals surface area contributed by atoms with E-state index in [-0.39, 0.29) is 6.10 Å². The SMILES string of the molecule is CC[C@@](C)(N=[N+]=[N-])c1cnc(O[C@H](C)CCSC)c2cnc(Cl)cc12. The Hall–Kier alpha value is -1.69. The summed E-state index contributed by atoms with van der Waals surface area (Å²) < 4.78 is 6.02. The molecule has 0 aliphatic rings. The summed E-state index contributed by atoms with van der Waals surface area (Å²) in [5, 5.41) is 5.98. The largest absolute Gasteiger partial charge is 0.474 e. The van der Waals surface area contributed by atoms with Gasteiger partial charge in [-0.3, -0.25) is 0 Å². The summed E-state index contributed by atoms with van der Waals surface area (Å²) in [6, 6.07) is 1.77. The van der Waals surface area contributed by atoms with Crippen LogP contribution >= 0.6 is 23.4 Å². The summed E-state index contributed by atoms with van der Waals surface area (Å²) in [7, 11) is 0. The van der Waals surface area contributed by atoms with Crippen molar-refractivity contribution in [3.63, 3.8) is 0 Å². The molecule has 0 bridgehead atoms. The van der Waals surface area contributed by atoms with Gasteiger partial charge in [0.05, 0.1) is 17.0 Å². The van der Waals surface area contributed by atoms with Crippen LogP contribution in [0.2, 0.25) is 5.15 Å². The monoisotopic (exact) mass is 379 g/mol. The number of azide groups is 1. The van der Waals surface area contributed by atoms with Gasteiger partial charge in [-0.05, 0) is 61.2 Å². The molecule has 0 unspecified atom stereocenters. The standard InChI is InChI=1S/C17H22ClN5OS/c1-5-17(3,22-23-19)14-10-21-16(24-11(2)6-7-25-4)13-9-20-15(18)8-12(13)14/h8-11H,5-7H2,1-4H3/t11-,17-/m1/s1. The van der Waals surface area contributed by atoms with Crippen LogP contribution in [0.15, 0.2) is 23.6 Å². The number of thioether (sulfide) groups is 1. The summed E-state index contributed by atoms with van der Waals surface area (Å²) in [4.78, 5) is 11.7. The normalized spacial score (nSPS) is 14.6. The highest BCUT2D eigenvalue weighted by atomic mass is 35.5. The fourth-order valence-electron chi connectivity index (χ4n) is 2.56. The maximum atomic E-state index is 8.95.